The molecule has 0 radical (unpaired) electrons. The van der Waals surface area contributed by atoms with Crippen LogP contribution < -0.4 is 0 Å². The average Bonchev–Trinajstić information content (AvgIpc) is 2.45. The summed E-state index contributed by atoms with van der Waals surface area (Å²) in [5, 5.41) is 9.10. The lowest BCUT2D eigenvalue weighted by atomic mass is 10.1. The highest BCUT2D eigenvalue weighted by molar-refractivity contribution is 5.96. The molecular formula is C16H23NO4. The van der Waals surface area contributed by atoms with Crippen molar-refractivity contribution in [2.45, 2.75) is 45.9 Å². The predicted molar refractivity (Wildman–Crippen MR) is 80.2 cm³/mol. The van der Waals surface area contributed by atoms with E-state index in [2.05, 4.69) is 0 Å². The predicted octanol–water partition coefficient (Wildman–Crippen LogP) is 2.55. The molecule has 1 unspecified atom stereocenters. The molecule has 0 heterocycles. The van der Waals surface area contributed by atoms with Gasteiger partial charge in [-0.05, 0) is 38.0 Å². The zero-order chi connectivity index (χ0) is 16.0. The average molecular weight is 293 g/mol. The largest absolute Gasteiger partial charge is 0.480 e. The van der Waals surface area contributed by atoms with Gasteiger partial charge in [0.2, 0.25) is 0 Å². The summed E-state index contributed by atoms with van der Waals surface area (Å²) in [6.07, 6.45) is 0.524. The molecule has 0 fully saturated rings. The van der Waals surface area contributed by atoms with E-state index in [0.29, 0.717) is 18.6 Å². The van der Waals surface area contributed by atoms with Gasteiger partial charge in [0.25, 0.3) is 5.91 Å². The number of rotatable bonds is 7. The second kappa shape index (κ2) is 7.78. The second-order valence-corrected chi connectivity index (χ2v) is 5.24. The highest BCUT2D eigenvalue weighted by Gasteiger charge is 2.25. The van der Waals surface area contributed by atoms with Gasteiger partial charge in [0.05, 0.1) is 12.7 Å². The lowest BCUT2D eigenvalue weighted by molar-refractivity contribution is -0.142. The number of aliphatic carboxylic acids is 1. The smallest absolute Gasteiger partial charge is 0.326 e. The number of hydrogen-bond acceptors (Lipinski definition) is 3. The summed E-state index contributed by atoms with van der Waals surface area (Å²) in [6.45, 7) is 6.16. The summed E-state index contributed by atoms with van der Waals surface area (Å²) in [5.41, 5.74) is 1.46. The molecule has 0 spiro atoms. The van der Waals surface area contributed by atoms with E-state index in [-0.39, 0.29) is 12.0 Å². The highest BCUT2D eigenvalue weighted by atomic mass is 16.5. The second-order valence-electron chi connectivity index (χ2n) is 5.24. The fourth-order valence-corrected chi connectivity index (χ4v) is 1.97. The Balaban J connectivity index is 2.76. The Kier molecular flexibility index (Phi) is 6.37. The molecule has 0 aliphatic heterocycles. The molecule has 0 aliphatic carbocycles. The van der Waals surface area contributed by atoms with Crippen LogP contribution in [-0.4, -0.2) is 41.1 Å². The molecule has 0 saturated carbocycles. The molecule has 21 heavy (non-hydrogen) atoms. The fourth-order valence-electron chi connectivity index (χ4n) is 1.97. The van der Waals surface area contributed by atoms with Crippen LogP contribution in [-0.2, 0) is 16.1 Å². The number of benzene rings is 1. The third-order valence-corrected chi connectivity index (χ3v) is 3.24. The first-order valence-electron chi connectivity index (χ1n) is 7.07. The molecule has 1 aromatic rings. The van der Waals surface area contributed by atoms with Gasteiger partial charge in [-0.3, -0.25) is 4.79 Å². The van der Waals surface area contributed by atoms with E-state index < -0.39 is 12.0 Å². The first-order chi connectivity index (χ1) is 9.86. The van der Waals surface area contributed by atoms with Gasteiger partial charge >= 0.3 is 5.97 Å². The van der Waals surface area contributed by atoms with Crippen LogP contribution in [0.25, 0.3) is 0 Å². The molecule has 1 atom stereocenters. The Morgan fingerprint density at radius 1 is 1.24 bits per heavy atom. The summed E-state index contributed by atoms with van der Waals surface area (Å²) in [6, 6.07) is 6.25. The maximum atomic E-state index is 12.3. The number of likely N-dealkylation sites (N-methyl/N-ethyl adjacent to an activating group) is 1. The summed E-state index contributed by atoms with van der Waals surface area (Å²) >= 11 is 0. The van der Waals surface area contributed by atoms with Crippen molar-refractivity contribution in [2.24, 2.45) is 0 Å². The van der Waals surface area contributed by atoms with Crippen LogP contribution in [0.15, 0.2) is 24.3 Å². The molecular weight excluding hydrogens is 270 g/mol. The molecule has 1 amide bonds. The van der Waals surface area contributed by atoms with E-state index in [1.54, 1.807) is 19.1 Å². The quantitative estimate of drug-likeness (QED) is 0.839. The molecule has 0 aliphatic rings. The van der Waals surface area contributed by atoms with Crippen molar-refractivity contribution in [1.82, 2.24) is 4.90 Å². The summed E-state index contributed by atoms with van der Waals surface area (Å²) < 4.78 is 5.49. The van der Waals surface area contributed by atoms with Crippen LogP contribution in [0.4, 0.5) is 0 Å². The molecule has 0 bridgehead atoms. The zero-order valence-corrected chi connectivity index (χ0v) is 13.0. The number of carboxylic acids is 1. The molecule has 1 rings (SSSR count). The van der Waals surface area contributed by atoms with E-state index in [1.165, 1.54) is 11.9 Å². The number of nitrogens with zero attached hydrogens (tertiary/aromatic N) is 1. The first kappa shape index (κ1) is 17.2. The summed E-state index contributed by atoms with van der Waals surface area (Å²) in [5.74, 6) is -1.28. The van der Waals surface area contributed by atoms with E-state index in [1.807, 2.05) is 26.0 Å². The molecule has 0 aromatic heterocycles. The number of ether oxygens (including phenoxy) is 1. The Hall–Kier alpha value is -1.88. The van der Waals surface area contributed by atoms with Gasteiger partial charge in [-0.1, -0.05) is 19.1 Å². The van der Waals surface area contributed by atoms with Gasteiger partial charge in [-0.25, -0.2) is 4.79 Å². The van der Waals surface area contributed by atoms with Crippen molar-refractivity contribution >= 4 is 11.9 Å². The number of carboxylic acid groups (broad SMARTS) is 1. The van der Waals surface area contributed by atoms with Crippen molar-refractivity contribution in [3.63, 3.8) is 0 Å². The van der Waals surface area contributed by atoms with Crippen molar-refractivity contribution in [3.05, 3.63) is 35.4 Å². The Morgan fingerprint density at radius 2 is 1.81 bits per heavy atom. The molecule has 5 nitrogen and oxygen atoms in total. The molecule has 1 N–H and O–H groups in total. The third kappa shape index (κ3) is 4.86. The van der Waals surface area contributed by atoms with Crippen LogP contribution in [0, 0.1) is 0 Å². The lowest BCUT2D eigenvalue weighted by Crippen LogP contribution is -2.41. The maximum Gasteiger partial charge on any atom is 0.326 e. The van der Waals surface area contributed by atoms with Crippen LogP contribution in [0.5, 0.6) is 0 Å². The first-order valence-corrected chi connectivity index (χ1v) is 7.07. The van der Waals surface area contributed by atoms with Crippen LogP contribution >= 0.6 is 0 Å². The van der Waals surface area contributed by atoms with E-state index in [4.69, 9.17) is 9.84 Å². The fraction of sp³-hybridized carbons (Fsp3) is 0.500. The van der Waals surface area contributed by atoms with Gasteiger partial charge in [0, 0.05) is 12.6 Å². The van der Waals surface area contributed by atoms with Gasteiger partial charge in [-0.2, -0.15) is 0 Å². The van der Waals surface area contributed by atoms with Gasteiger partial charge in [0.1, 0.15) is 6.04 Å². The molecule has 116 valence electrons. The number of hydrogen-bond donors (Lipinski definition) is 1. The normalized spacial score (nSPS) is 12.2. The highest BCUT2D eigenvalue weighted by Crippen LogP contribution is 2.12. The molecule has 5 heteroatoms. The number of carbonyl (C=O) groups is 2. The Labute approximate surface area is 125 Å². The standard InChI is InChI=1S/C16H23NO4/c1-5-14(16(19)20)17(4)15(18)13-8-6-12(7-9-13)10-21-11(2)3/h6-9,11,14H,5,10H2,1-4H3,(H,19,20). The Bertz CT molecular complexity index is 482. The SMILES string of the molecule is CCC(C(=O)O)N(C)C(=O)c1ccc(COC(C)C)cc1. The van der Waals surface area contributed by atoms with Crippen molar-refractivity contribution in [1.29, 1.82) is 0 Å². The van der Waals surface area contributed by atoms with E-state index in [0.717, 1.165) is 5.56 Å². The number of amides is 1. The zero-order valence-electron chi connectivity index (χ0n) is 13.0. The number of carbonyl (C=O) groups excluding carboxylic acids is 1. The minimum Gasteiger partial charge on any atom is -0.480 e. The summed E-state index contributed by atoms with van der Waals surface area (Å²) in [4.78, 5) is 24.6. The van der Waals surface area contributed by atoms with Crippen LogP contribution in [0.3, 0.4) is 0 Å². The van der Waals surface area contributed by atoms with E-state index in [9.17, 15) is 9.59 Å². The monoisotopic (exact) mass is 293 g/mol. The van der Waals surface area contributed by atoms with Crippen molar-refractivity contribution < 1.29 is 19.4 Å². The van der Waals surface area contributed by atoms with E-state index >= 15 is 0 Å². The molecule has 1 aromatic carbocycles. The van der Waals surface area contributed by atoms with Crippen molar-refractivity contribution in [3.8, 4) is 0 Å². The topological polar surface area (TPSA) is 66.8 Å². The Morgan fingerprint density at radius 3 is 2.24 bits per heavy atom. The van der Waals surface area contributed by atoms with Gasteiger partial charge in [-0.15, -0.1) is 0 Å². The van der Waals surface area contributed by atoms with Crippen LogP contribution in [0.2, 0.25) is 0 Å². The third-order valence-electron chi connectivity index (χ3n) is 3.24. The van der Waals surface area contributed by atoms with Crippen LogP contribution in [0.1, 0.15) is 43.1 Å². The summed E-state index contributed by atoms with van der Waals surface area (Å²) in [7, 11) is 1.51. The van der Waals surface area contributed by atoms with Gasteiger partial charge in [0.15, 0.2) is 0 Å². The van der Waals surface area contributed by atoms with Gasteiger partial charge < -0.3 is 14.7 Å². The van der Waals surface area contributed by atoms with Crippen molar-refractivity contribution in [2.75, 3.05) is 7.05 Å². The maximum absolute atomic E-state index is 12.3. The lowest BCUT2D eigenvalue weighted by Gasteiger charge is -2.23. The minimum atomic E-state index is -0.990. The minimum absolute atomic E-state index is 0.151. The molecule has 0 saturated heterocycles.